The van der Waals surface area contributed by atoms with Crippen LogP contribution in [0.15, 0.2) is 18.3 Å². The Morgan fingerprint density at radius 1 is 1.16 bits per heavy atom. The van der Waals surface area contributed by atoms with Crippen molar-refractivity contribution in [1.82, 2.24) is 10.2 Å². The zero-order chi connectivity index (χ0) is 17.6. The van der Waals surface area contributed by atoms with Gasteiger partial charge >= 0.3 is 0 Å². The van der Waals surface area contributed by atoms with Crippen LogP contribution in [0, 0.1) is 34.5 Å². The van der Waals surface area contributed by atoms with Crippen LogP contribution in [0.25, 0.3) is 0 Å². The summed E-state index contributed by atoms with van der Waals surface area (Å²) in [7, 11) is 0. The van der Waals surface area contributed by atoms with Crippen molar-refractivity contribution in [3.8, 4) is 0 Å². The predicted molar refractivity (Wildman–Crippen MR) is 95.8 cm³/mol. The Morgan fingerprint density at radius 3 is 2.76 bits per heavy atom. The molecule has 1 heterocycles. The van der Waals surface area contributed by atoms with Crippen LogP contribution >= 0.6 is 0 Å². The molecule has 25 heavy (non-hydrogen) atoms. The van der Waals surface area contributed by atoms with Crippen LogP contribution in [0.1, 0.15) is 50.8 Å². The summed E-state index contributed by atoms with van der Waals surface area (Å²) in [6.45, 7) is 9.08. The van der Waals surface area contributed by atoms with Gasteiger partial charge in [0.15, 0.2) is 0 Å². The van der Waals surface area contributed by atoms with Gasteiger partial charge in [-0.3, -0.25) is 5.10 Å². The zero-order valence-corrected chi connectivity index (χ0v) is 15.3. The first-order valence-electron chi connectivity index (χ1n) is 9.92. The molecule has 4 unspecified atom stereocenters. The lowest BCUT2D eigenvalue weighted by molar-refractivity contribution is -0.201. The van der Waals surface area contributed by atoms with E-state index in [1.54, 1.807) is 0 Å². The number of nitrogens with zero attached hydrogens (tertiary/aromatic N) is 1. The van der Waals surface area contributed by atoms with E-state index in [4.69, 9.17) is 0 Å². The first-order chi connectivity index (χ1) is 11.9. The zero-order valence-electron chi connectivity index (χ0n) is 15.3. The first-order valence-corrected chi connectivity index (χ1v) is 9.92. The molecule has 0 bridgehead atoms. The summed E-state index contributed by atoms with van der Waals surface area (Å²) >= 11 is 0. The molecule has 4 heteroatoms. The third kappa shape index (κ3) is 1.88. The second kappa shape index (κ2) is 4.98. The topological polar surface area (TPSA) is 69.1 Å². The van der Waals surface area contributed by atoms with Crippen molar-refractivity contribution in [3.63, 3.8) is 0 Å². The van der Waals surface area contributed by atoms with Gasteiger partial charge in [0.1, 0.15) is 0 Å². The van der Waals surface area contributed by atoms with Gasteiger partial charge in [-0.15, -0.1) is 0 Å². The molecule has 0 saturated heterocycles. The van der Waals surface area contributed by atoms with E-state index >= 15 is 0 Å². The van der Waals surface area contributed by atoms with Crippen molar-refractivity contribution in [3.05, 3.63) is 29.6 Å². The molecule has 0 aromatic carbocycles. The van der Waals surface area contributed by atoms with Gasteiger partial charge in [0, 0.05) is 5.69 Å². The van der Waals surface area contributed by atoms with Crippen LogP contribution in [0.4, 0.5) is 0 Å². The van der Waals surface area contributed by atoms with E-state index in [1.807, 2.05) is 6.20 Å². The van der Waals surface area contributed by atoms with Gasteiger partial charge in [-0.2, -0.15) is 5.10 Å². The van der Waals surface area contributed by atoms with E-state index in [1.165, 1.54) is 17.6 Å². The van der Waals surface area contributed by atoms with E-state index in [2.05, 4.69) is 30.6 Å². The SMILES string of the molecule is C=C1CCC2C3C(CC[C@]12C)[C@@]1(C)Cc2cn[nH]c2CC1[C@@H](O)[C@@H]3O. The molecule has 3 N–H and O–H groups in total. The highest BCUT2D eigenvalue weighted by atomic mass is 16.3. The summed E-state index contributed by atoms with van der Waals surface area (Å²) in [5, 5.41) is 29.6. The highest BCUT2D eigenvalue weighted by molar-refractivity contribution is 5.29. The Hall–Kier alpha value is -1.13. The Kier molecular flexibility index (Phi) is 3.20. The van der Waals surface area contributed by atoms with E-state index in [-0.39, 0.29) is 22.7 Å². The summed E-state index contributed by atoms with van der Waals surface area (Å²) in [6, 6.07) is 0. The number of aliphatic hydroxyl groups is 2. The average Bonchev–Trinajstić information content (AvgIpc) is 3.15. The van der Waals surface area contributed by atoms with Crippen LogP contribution in [-0.4, -0.2) is 32.6 Å². The molecule has 8 atom stereocenters. The van der Waals surface area contributed by atoms with Gasteiger partial charge in [-0.1, -0.05) is 26.0 Å². The Bertz CT molecular complexity index is 727. The Labute approximate surface area is 149 Å². The highest BCUT2D eigenvalue weighted by Crippen LogP contribution is 2.66. The van der Waals surface area contributed by atoms with Gasteiger partial charge < -0.3 is 10.2 Å². The molecule has 4 aliphatic rings. The van der Waals surface area contributed by atoms with Crippen molar-refractivity contribution in [2.75, 3.05) is 0 Å². The van der Waals surface area contributed by atoms with Crippen molar-refractivity contribution in [1.29, 1.82) is 0 Å². The molecule has 4 aliphatic carbocycles. The fraction of sp³-hybridized carbons (Fsp3) is 0.762. The molecule has 136 valence electrons. The lowest BCUT2D eigenvalue weighted by Gasteiger charge is -2.62. The van der Waals surface area contributed by atoms with Crippen LogP contribution in [0.2, 0.25) is 0 Å². The van der Waals surface area contributed by atoms with Crippen LogP contribution in [-0.2, 0) is 12.8 Å². The smallest absolute Gasteiger partial charge is 0.0839 e. The summed E-state index contributed by atoms with van der Waals surface area (Å²) in [5.74, 6) is 1.25. The van der Waals surface area contributed by atoms with Crippen LogP contribution in [0.5, 0.6) is 0 Å². The molecular weight excluding hydrogens is 312 g/mol. The van der Waals surface area contributed by atoms with Gasteiger partial charge in [0.25, 0.3) is 0 Å². The minimum absolute atomic E-state index is 0.0471. The molecule has 3 fully saturated rings. The van der Waals surface area contributed by atoms with Gasteiger partial charge in [0.05, 0.1) is 18.4 Å². The molecule has 3 saturated carbocycles. The maximum atomic E-state index is 11.2. The van der Waals surface area contributed by atoms with Crippen LogP contribution < -0.4 is 0 Å². The Balaban J connectivity index is 1.59. The van der Waals surface area contributed by atoms with E-state index in [9.17, 15) is 10.2 Å². The summed E-state index contributed by atoms with van der Waals surface area (Å²) < 4.78 is 0. The minimum Gasteiger partial charge on any atom is -0.390 e. The minimum atomic E-state index is -0.640. The predicted octanol–water partition coefficient (Wildman–Crippen LogP) is 2.86. The van der Waals surface area contributed by atoms with Gasteiger partial charge in [0.2, 0.25) is 0 Å². The summed E-state index contributed by atoms with van der Waals surface area (Å²) in [5.41, 5.74) is 4.03. The standard InChI is InChI=1S/C21H30N2O2/c1-11-4-5-13-17-14(6-7-20(11,13)2)21(3)9-12-10-22-23-16(12)8-15(21)18(24)19(17)25/h10,13-15,17-19,24-25H,1,4-9H2,2-3H3,(H,22,23)/t13?,14?,15?,17?,18-,19-,20-,21-/m1/s1. The van der Waals surface area contributed by atoms with Crippen LogP contribution in [0.3, 0.4) is 0 Å². The molecule has 4 nitrogen and oxygen atoms in total. The fourth-order valence-corrected chi connectivity index (χ4v) is 7.39. The molecule has 0 amide bonds. The maximum absolute atomic E-state index is 11.2. The van der Waals surface area contributed by atoms with Gasteiger partial charge in [-0.25, -0.2) is 0 Å². The number of aromatic amines is 1. The number of aromatic nitrogens is 2. The normalized spacial score (nSPS) is 51.4. The van der Waals surface area contributed by atoms with E-state index in [0.717, 1.165) is 37.8 Å². The second-order valence-corrected chi connectivity index (χ2v) is 9.74. The molecule has 1 aromatic rings. The van der Waals surface area contributed by atoms with Crippen molar-refractivity contribution >= 4 is 0 Å². The average molecular weight is 342 g/mol. The van der Waals surface area contributed by atoms with Crippen molar-refractivity contribution in [2.45, 2.75) is 64.6 Å². The molecule has 1 aromatic heterocycles. The monoisotopic (exact) mass is 342 g/mol. The number of aliphatic hydroxyl groups excluding tert-OH is 2. The van der Waals surface area contributed by atoms with Gasteiger partial charge in [-0.05, 0) is 78.6 Å². The third-order valence-electron chi connectivity index (χ3n) is 8.94. The van der Waals surface area contributed by atoms with E-state index < -0.39 is 12.2 Å². The highest BCUT2D eigenvalue weighted by Gasteiger charge is 2.63. The maximum Gasteiger partial charge on any atom is 0.0839 e. The third-order valence-corrected chi connectivity index (χ3v) is 8.94. The lowest BCUT2D eigenvalue weighted by atomic mass is 9.44. The lowest BCUT2D eigenvalue weighted by Crippen LogP contribution is -2.64. The Morgan fingerprint density at radius 2 is 1.96 bits per heavy atom. The number of H-pyrrole nitrogens is 1. The number of fused-ring (bicyclic) bond motifs is 6. The van der Waals surface area contributed by atoms with Crippen molar-refractivity contribution in [2.24, 2.45) is 34.5 Å². The van der Waals surface area contributed by atoms with E-state index in [0.29, 0.717) is 11.8 Å². The van der Waals surface area contributed by atoms with Crippen molar-refractivity contribution < 1.29 is 10.2 Å². The largest absolute Gasteiger partial charge is 0.390 e. The number of rotatable bonds is 0. The summed E-state index contributed by atoms with van der Waals surface area (Å²) in [4.78, 5) is 0. The number of hydrogen-bond donors (Lipinski definition) is 3. The molecule has 0 spiro atoms. The molecule has 5 rings (SSSR count). The molecule has 0 aliphatic heterocycles. The number of nitrogens with one attached hydrogen (secondary N) is 1. The molecule has 0 radical (unpaired) electrons. The first kappa shape index (κ1) is 16.1. The quantitative estimate of drug-likeness (QED) is 0.635. The fourth-order valence-electron chi connectivity index (χ4n) is 7.39. The molecular formula is C21H30N2O2. The summed E-state index contributed by atoms with van der Waals surface area (Å²) in [6.07, 6.45) is 7.02. The second-order valence-electron chi connectivity index (χ2n) is 9.74. The number of allylic oxidation sites excluding steroid dienone is 1. The number of hydrogen-bond acceptors (Lipinski definition) is 3.